The van der Waals surface area contributed by atoms with Gasteiger partial charge in [0.05, 0.1) is 50.1 Å². The number of carbonyl (C=O) groups excluding carboxylic acids is 2. The lowest BCUT2D eigenvalue weighted by Crippen LogP contribution is -2.15. The molecule has 18 nitrogen and oxygen atoms in total. The molecule has 2 amide bonds. The summed E-state index contributed by atoms with van der Waals surface area (Å²) >= 11 is 0. The summed E-state index contributed by atoms with van der Waals surface area (Å²) in [5, 5.41) is 17.8. The zero-order valence-electron chi connectivity index (χ0n) is 37.0. The Morgan fingerprint density at radius 2 is 1.09 bits per heavy atom. The fourth-order valence-electron chi connectivity index (χ4n) is 8.13. The fourth-order valence-corrected chi connectivity index (χ4v) is 8.13. The van der Waals surface area contributed by atoms with Crippen molar-refractivity contribution in [3.05, 3.63) is 121 Å². The quantitative estimate of drug-likeness (QED) is 0.0933. The lowest BCUT2D eigenvalue weighted by atomic mass is 10.1. The average molecular weight is 887 g/mol. The van der Waals surface area contributed by atoms with Crippen molar-refractivity contribution in [3.63, 3.8) is 0 Å². The van der Waals surface area contributed by atoms with Gasteiger partial charge >= 0.3 is 0 Å². The van der Waals surface area contributed by atoms with Crippen LogP contribution in [0.15, 0.2) is 98.4 Å². The van der Waals surface area contributed by atoms with Gasteiger partial charge in [0.25, 0.3) is 0 Å². The Bertz CT molecular complexity index is 2870. The number of fused-ring (bicyclic) bond motifs is 2. The summed E-state index contributed by atoms with van der Waals surface area (Å²) in [6.07, 6.45) is 19.6. The Balaban J connectivity index is 0.000000166. The van der Waals surface area contributed by atoms with Crippen molar-refractivity contribution in [1.82, 2.24) is 49.5 Å². The van der Waals surface area contributed by atoms with Crippen molar-refractivity contribution < 1.29 is 19.1 Å². The van der Waals surface area contributed by atoms with Crippen molar-refractivity contribution in [3.8, 4) is 22.5 Å². The minimum atomic E-state index is -0.0846. The van der Waals surface area contributed by atoms with Crippen LogP contribution in [0.1, 0.15) is 46.9 Å². The number of methoxy groups -OCH3 is 2. The number of ether oxygens (including phenoxy) is 2. The van der Waals surface area contributed by atoms with E-state index in [0.29, 0.717) is 49.6 Å². The highest BCUT2D eigenvalue weighted by Crippen LogP contribution is 2.49. The largest absolute Gasteiger partial charge is 0.383 e. The Morgan fingerprint density at radius 3 is 1.50 bits per heavy atom. The molecule has 0 unspecified atom stereocenters. The number of nitrogen functional groups attached to an aromatic ring is 2. The van der Waals surface area contributed by atoms with Crippen LogP contribution < -0.4 is 22.1 Å². The molecule has 8 heterocycles. The highest BCUT2D eigenvalue weighted by Gasteiger charge is 2.45. The van der Waals surface area contributed by atoms with Gasteiger partial charge in [0.1, 0.15) is 23.3 Å². The SMILES string of the molecule is COCCn1cc([C@@H]2C[C@H]2C(=O)Nc2cc3cc(-c4cnccc4C)nc(N)c3cn2)cn1.COCCn1cc([C@H]2C[C@@H]2C(=O)Nc2cc3cc(-c4cnccc4C)nc(N)c3cn2)cn1. The summed E-state index contributed by atoms with van der Waals surface area (Å²) in [4.78, 5) is 51.9. The van der Waals surface area contributed by atoms with Crippen molar-refractivity contribution in [1.29, 1.82) is 0 Å². The number of rotatable bonds is 14. The van der Waals surface area contributed by atoms with Crippen molar-refractivity contribution >= 4 is 56.6 Å². The van der Waals surface area contributed by atoms with E-state index >= 15 is 0 Å². The van der Waals surface area contributed by atoms with Crippen LogP contribution in [-0.2, 0) is 32.2 Å². The number of amides is 2. The Labute approximate surface area is 380 Å². The first kappa shape index (κ1) is 43.5. The first-order valence-corrected chi connectivity index (χ1v) is 21.7. The topological polar surface area (TPSA) is 242 Å². The van der Waals surface area contributed by atoms with Gasteiger partial charge in [-0.1, -0.05) is 0 Å². The van der Waals surface area contributed by atoms with Gasteiger partial charge in [0.2, 0.25) is 11.8 Å². The number of aryl methyl sites for hydroxylation is 2. The van der Waals surface area contributed by atoms with Crippen molar-refractivity contribution in [2.75, 3.05) is 49.5 Å². The van der Waals surface area contributed by atoms with Crippen LogP contribution in [0.2, 0.25) is 0 Å². The second-order valence-electron chi connectivity index (χ2n) is 16.7. The van der Waals surface area contributed by atoms with E-state index in [9.17, 15) is 9.59 Å². The molecule has 2 saturated carbocycles. The van der Waals surface area contributed by atoms with Gasteiger partial charge in [0, 0.05) is 97.5 Å². The van der Waals surface area contributed by atoms with Gasteiger partial charge in [0.15, 0.2) is 0 Å². The number of aromatic nitrogens is 10. The van der Waals surface area contributed by atoms with Crippen LogP contribution in [0.3, 0.4) is 0 Å². The van der Waals surface area contributed by atoms with Crippen molar-refractivity contribution in [2.45, 2.75) is 51.6 Å². The van der Waals surface area contributed by atoms with E-state index in [1.165, 1.54) is 0 Å². The van der Waals surface area contributed by atoms with Crippen LogP contribution >= 0.6 is 0 Å². The summed E-state index contributed by atoms with van der Waals surface area (Å²) < 4.78 is 13.9. The minimum Gasteiger partial charge on any atom is -0.383 e. The second kappa shape index (κ2) is 18.8. The molecule has 8 aromatic rings. The van der Waals surface area contributed by atoms with Gasteiger partial charge < -0.3 is 31.6 Å². The van der Waals surface area contributed by atoms with Crippen LogP contribution in [0, 0.1) is 25.7 Å². The van der Waals surface area contributed by atoms with Gasteiger partial charge in [-0.15, -0.1) is 0 Å². The number of nitrogens with one attached hydrogen (secondary N) is 2. The lowest BCUT2D eigenvalue weighted by molar-refractivity contribution is -0.118. The molecule has 2 aliphatic rings. The third-order valence-electron chi connectivity index (χ3n) is 12.1. The number of hydrogen-bond donors (Lipinski definition) is 4. The molecule has 2 aliphatic carbocycles. The van der Waals surface area contributed by atoms with Crippen LogP contribution in [0.25, 0.3) is 44.1 Å². The third kappa shape index (κ3) is 9.55. The molecule has 0 saturated heterocycles. The number of nitrogens with zero attached hydrogens (tertiary/aromatic N) is 10. The molecule has 336 valence electrons. The lowest BCUT2D eigenvalue weighted by Gasteiger charge is -2.10. The number of hydrogen-bond acceptors (Lipinski definition) is 14. The molecule has 0 spiro atoms. The van der Waals surface area contributed by atoms with E-state index < -0.39 is 0 Å². The first-order chi connectivity index (χ1) is 32.1. The average Bonchev–Trinajstić information content (AvgIpc) is 4.20. The molecule has 0 aromatic carbocycles. The highest BCUT2D eigenvalue weighted by molar-refractivity contribution is 6.00. The van der Waals surface area contributed by atoms with Gasteiger partial charge in [-0.2, -0.15) is 10.2 Å². The molecule has 0 bridgehead atoms. The molecule has 0 aliphatic heterocycles. The fraction of sp³-hybridized carbons (Fsp3) is 0.292. The van der Waals surface area contributed by atoms with E-state index in [0.717, 1.165) is 79.2 Å². The highest BCUT2D eigenvalue weighted by atomic mass is 16.5. The molecule has 18 heteroatoms. The summed E-state index contributed by atoms with van der Waals surface area (Å²) in [6.45, 7) is 6.60. The number of pyridine rings is 6. The Morgan fingerprint density at radius 1 is 0.652 bits per heavy atom. The molecule has 4 atom stereocenters. The van der Waals surface area contributed by atoms with Crippen LogP contribution in [0.5, 0.6) is 0 Å². The molecule has 8 aromatic heterocycles. The summed E-state index contributed by atoms with van der Waals surface area (Å²) in [5.74, 6) is 1.89. The van der Waals surface area contributed by atoms with E-state index in [4.69, 9.17) is 20.9 Å². The van der Waals surface area contributed by atoms with E-state index in [1.54, 1.807) is 51.4 Å². The second-order valence-corrected chi connectivity index (χ2v) is 16.7. The molecule has 10 rings (SSSR count). The van der Waals surface area contributed by atoms with Crippen LogP contribution in [0.4, 0.5) is 23.3 Å². The Kier molecular flexibility index (Phi) is 12.4. The maximum absolute atomic E-state index is 12.8. The normalized spacial score (nSPS) is 17.3. The predicted octanol–water partition coefficient (Wildman–Crippen LogP) is 6.34. The molecule has 6 N–H and O–H groups in total. The van der Waals surface area contributed by atoms with Gasteiger partial charge in [-0.25, -0.2) is 19.9 Å². The van der Waals surface area contributed by atoms with E-state index in [1.807, 2.05) is 84.4 Å². The molecule has 66 heavy (non-hydrogen) atoms. The van der Waals surface area contributed by atoms with Crippen LogP contribution in [-0.4, -0.2) is 88.7 Å². The molecule has 2 fully saturated rings. The van der Waals surface area contributed by atoms with Gasteiger partial charge in [-0.3, -0.25) is 28.9 Å². The standard InChI is InChI=1S/2C24H25N7O2/c2*1-14-3-4-26-11-19(14)21-7-15-8-22(27-12-20(15)23(25)29-21)30-24(32)18-9-17(18)16-10-28-31(13-16)5-6-33-2/h2*3-4,7-8,10-13,17-18H,5-6,9H2,1-2H3,(H2,25,29)(H,27,30,32)/t2*17-,18+/m10/s1. The number of anilines is 4. The van der Waals surface area contributed by atoms with E-state index in [-0.39, 0.29) is 35.5 Å². The monoisotopic (exact) mass is 886 g/mol. The van der Waals surface area contributed by atoms with Crippen molar-refractivity contribution in [2.24, 2.45) is 11.8 Å². The van der Waals surface area contributed by atoms with Gasteiger partial charge in [-0.05, 0) is 108 Å². The zero-order chi connectivity index (χ0) is 45.9. The summed E-state index contributed by atoms with van der Waals surface area (Å²) in [6, 6.07) is 11.4. The first-order valence-electron chi connectivity index (χ1n) is 21.7. The third-order valence-corrected chi connectivity index (χ3v) is 12.1. The summed E-state index contributed by atoms with van der Waals surface area (Å²) in [7, 11) is 3.33. The van der Waals surface area contributed by atoms with E-state index in [2.05, 4.69) is 50.7 Å². The summed E-state index contributed by atoms with van der Waals surface area (Å²) in [5.41, 5.74) is 20.0. The number of carbonyl (C=O) groups is 2. The molecule has 0 radical (unpaired) electrons. The smallest absolute Gasteiger partial charge is 0.229 e. The minimum absolute atomic E-state index is 0.0400. The predicted molar refractivity (Wildman–Crippen MR) is 251 cm³/mol. The number of nitrogens with two attached hydrogens (primary N) is 2. The molecular weight excluding hydrogens is 837 g/mol. The zero-order valence-corrected chi connectivity index (χ0v) is 37.0. The molecular formula is C48H50N14O4. The maximum atomic E-state index is 12.8. The maximum Gasteiger partial charge on any atom is 0.229 e. The Hall–Kier alpha value is -7.70.